The van der Waals surface area contributed by atoms with Gasteiger partial charge in [-0.2, -0.15) is 0 Å². The van der Waals surface area contributed by atoms with E-state index >= 15 is 0 Å². The van der Waals surface area contributed by atoms with Gasteiger partial charge in [0, 0.05) is 50.2 Å². The van der Waals surface area contributed by atoms with Crippen molar-refractivity contribution in [1.82, 2.24) is 15.1 Å². The molecule has 2 unspecified atom stereocenters. The predicted octanol–water partition coefficient (Wildman–Crippen LogP) is 2.59. The van der Waals surface area contributed by atoms with Gasteiger partial charge in [-0.05, 0) is 44.2 Å². The Morgan fingerprint density at radius 1 is 0.929 bits per heavy atom. The molecule has 154 valence electrons. The van der Waals surface area contributed by atoms with Gasteiger partial charge in [0.2, 0.25) is 5.91 Å². The van der Waals surface area contributed by atoms with Crippen LogP contribution in [0.2, 0.25) is 0 Å². The molecule has 28 heavy (non-hydrogen) atoms. The number of rotatable bonds is 2. The summed E-state index contributed by atoms with van der Waals surface area (Å²) in [6.07, 6.45) is 4.51. The summed E-state index contributed by atoms with van der Waals surface area (Å²) in [7, 11) is 0. The van der Waals surface area contributed by atoms with E-state index in [1.165, 1.54) is 12.5 Å². The number of hydrogen-bond donors (Lipinski definition) is 1. The number of amides is 2. The average molecular weight is 414 g/mol. The van der Waals surface area contributed by atoms with E-state index in [1.807, 2.05) is 4.90 Å². The monoisotopic (exact) mass is 413 g/mol. The van der Waals surface area contributed by atoms with Gasteiger partial charge in [0.25, 0.3) is 5.91 Å². The molecule has 3 heterocycles. The number of nitrogens with one attached hydrogen (secondary N) is 1. The number of benzene rings is 1. The van der Waals surface area contributed by atoms with Crippen molar-refractivity contribution in [2.75, 3.05) is 26.2 Å². The number of fused-ring (bicyclic) bond motifs is 2. The number of piperidine rings is 1. The fraction of sp³-hybridized carbons (Fsp3) is 0.600. The van der Waals surface area contributed by atoms with Crippen molar-refractivity contribution in [1.29, 1.82) is 0 Å². The van der Waals surface area contributed by atoms with Gasteiger partial charge in [-0.25, -0.2) is 8.78 Å². The van der Waals surface area contributed by atoms with Gasteiger partial charge < -0.3 is 15.1 Å². The number of carbonyl (C=O) groups excluding carboxylic acids is 2. The van der Waals surface area contributed by atoms with Crippen molar-refractivity contribution >= 4 is 24.2 Å². The largest absolute Gasteiger partial charge is 0.341 e. The van der Waals surface area contributed by atoms with E-state index in [4.69, 9.17) is 0 Å². The van der Waals surface area contributed by atoms with E-state index in [9.17, 15) is 18.4 Å². The Morgan fingerprint density at radius 3 is 2.32 bits per heavy atom. The fourth-order valence-electron chi connectivity index (χ4n) is 4.56. The van der Waals surface area contributed by atoms with Gasteiger partial charge in [0.15, 0.2) is 0 Å². The summed E-state index contributed by atoms with van der Waals surface area (Å²) in [6.45, 7) is 2.41. The van der Waals surface area contributed by atoms with Gasteiger partial charge >= 0.3 is 0 Å². The smallest absolute Gasteiger partial charge is 0.256 e. The molecule has 0 aliphatic carbocycles. The second-order valence-electron chi connectivity index (χ2n) is 7.90. The molecule has 3 fully saturated rings. The molecule has 0 aromatic heterocycles. The van der Waals surface area contributed by atoms with Crippen LogP contribution in [0.3, 0.4) is 0 Å². The molecule has 8 heteroatoms. The average Bonchev–Trinajstić information content (AvgIpc) is 2.99. The normalized spacial score (nSPS) is 25.2. The van der Waals surface area contributed by atoms with Crippen molar-refractivity contribution in [3.05, 3.63) is 35.4 Å². The highest BCUT2D eigenvalue weighted by Crippen LogP contribution is 2.26. The summed E-state index contributed by atoms with van der Waals surface area (Å²) in [6, 6.07) is 3.95. The molecule has 0 spiro atoms. The fourth-order valence-corrected chi connectivity index (χ4v) is 4.56. The van der Waals surface area contributed by atoms with Crippen molar-refractivity contribution in [2.45, 2.75) is 44.2 Å². The summed E-state index contributed by atoms with van der Waals surface area (Å²) in [4.78, 5) is 29.0. The molecule has 0 radical (unpaired) electrons. The van der Waals surface area contributed by atoms with E-state index in [0.717, 1.165) is 38.1 Å². The number of carbonyl (C=O) groups is 2. The lowest BCUT2D eigenvalue weighted by Crippen LogP contribution is -2.46. The van der Waals surface area contributed by atoms with Gasteiger partial charge in [-0.3, -0.25) is 9.59 Å². The van der Waals surface area contributed by atoms with E-state index in [1.54, 1.807) is 4.90 Å². The summed E-state index contributed by atoms with van der Waals surface area (Å²) in [5.74, 6) is -1.87. The van der Waals surface area contributed by atoms with Crippen LogP contribution in [0.4, 0.5) is 8.78 Å². The van der Waals surface area contributed by atoms with E-state index in [2.05, 4.69) is 5.32 Å². The zero-order valence-corrected chi connectivity index (χ0v) is 16.5. The maximum absolute atomic E-state index is 13.9. The molecule has 3 aliphatic rings. The molecule has 2 atom stereocenters. The third-order valence-corrected chi connectivity index (χ3v) is 6.13. The molecule has 0 saturated carbocycles. The summed E-state index contributed by atoms with van der Waals surface area (Å²) in [5, 5.41) is 3.58. The topological polar surface area (TPSA) is 52.7 Å². The molecule has 2 bridgehead atoms. The van der Waals surface area contributed by atoms with E-state index in [-0.39, 0.29) is 29.8 Å². The van der Waals surface area contributed by atoms with E-state index < -0.39 is 17.5 Å². The maximum atomic E-state index is 13.9. The molecule has 3 saturated heterocycles. The predicted molar refractivity (Wildman–Crippen MR) is 103 cm³/mol. The van der Waals surface area contributed by atoms with Crippen molar-refractivity contribution in [3.8, 4) is 0 Å². The minimum absolute atomic E-state index is 0. The summed E-state index contributed by atoms with van der Waals surface area (Å²) >= 11 is 0. The highest BCUT2D eigenvalue weighted by molar-refractivity contribution is 5.94. The Morgan fingerprint density at radius 2 is 1.61 bits per heavy atom. The lowest BCUT2D eigenvalue weighted by Gasteiger charge is -2.35. The van der Waals surface area contributed by atoms with Crippen molar-refractivity contribution in [2.24, 2.45) is 5.92 Å². The number of nitrogens with zero attached hydrogens (tertiary/aromatic N) is 2. The standard InChI is InChI=1S/C20H25F2N3O2.ClH/c21-14-1-4-17(18(22)11-14)20(27)24-8-5-13(6-9-24)19(26)25-10-7-15-2-3-16(12-25)23-15;/h1,4,11,13,15-16,23H,2-3,5-10,12H2;1H. The molecule has 3 aliphatic heterocycles. The van der Waals surface area contributed by atoms with Crippen LogP contribution in [0.5, 0.6) is 0 Å². The van der Waals surface area contributed by atoms with E-state index in [0.29, 0.717) is 38.0 Å². The SMILES string of the molecule is Cl.O=C(c1ccc(F)cc1F)N1CCC(C(=O)N2CCC3CCC(C2)N3)CC1. The number of hydrogen-bond acceptors (Lipinski definition) is 3. The summed E-state index contributed by atoms with van der Waals surface area (Å²) in [5.41, 5.74) is -0.115. The Labute approximate surface area is 169 Å². The van der Waals surface area contributed by atoms with Crippen molar-refractivity contribution < 1.29 is 18.4 Å². The number of likely N-dealkylation sites (tertiary alicyclic amines) is 2. The minimum Gasteiger partial charge on any atom is -0.341 e. The van der Waals surface area contributed by atoms with Crippen LogP contribution in [0.1, 0.15) is 42.5 Å². The Hall–Kier alpha value is -1.73. The molecule has 1 aromatic carbocycles. The molecule has 1 aromatic rings. The lowest BCUT2D eigenvalue weighted by atomic mass is 9.94. The molecule has 4 rings (SSSR count). The summed E-state index contributed by atoms with van der Waals surface area (Å²) < 4.78 is 26.9. The van der Waals surface area contributed by atoms with Crippen molar-refractivity contribution in [3.63, 3.8) is 0 Å². The second-order valence-corrected chi connectivity index (χ2v) is 7.90. The first-order valence-electron chi connectivity index (χ1n) is 9.80. The Kier molecular flexibility index (Phi) is 6.55. The van der Waals surface area contributed by atoms with Crippen LogP contribution >= 0.6 is 12.4 Å². The molecular formula is C20H26ClF2N3O2. The minimum atomic E-state index is -0.842. The number of halogens is 3. The lowest BCUT2D eigenvalue weighted by molar-refractivity contribution is -0.137. The molecular weight excluding hydrogens is 388 g/mol. The molecule has 2 amide bonds. The zero-order chi connectivity index (χ0) is 19.0. The van der Waals surface area contributed by atoms with Crippen LogP contribution in [0.15, 0.2) is 18.2 Å². The van der Waals surface area contributed by atoms with Gasteiger partial charge in [-0.1, -0.05) is 0 Å². The van der Waals surface area contributed by atoms with Crippen LogP contribution in [-0.2, 0) is 4.79 Å². The first-order chi connectivity index (χ1) is 13.0. The first kappa shape index (κ1) is 21.0. The van der Waals surface area contributed by atoms with Crippen LogP contribution in [0, 0.1) is 17.6 Å². The Bertz CT molecular complexity index is 740. The molecule has 5 nitrogen and oxygen atoms in total. The highest BCUT2D eigenvalue weighted by Gasteiger charge is 2.35. The zero-order valence-electron chi connectivity index (χ0n) is 15.7. The third-order valence-electron chi connectivity index (χ3n) is 6.13. The van der Waals surface area contributed by atoms with Gasteiger partial charge in [-0.15, -0.1) is 12.4 Å². The maximum Gasteiger partial charge on any atom is 0.256 e. The molecule has 1 N–H and O–H groups in total. The van der Waals surface area contributed by atoms with Crippen LogP contribution in [-0.4, -0.2) is 59.9 Å². The van der Waals surface area contributed by atoms with Gasteiger partial charge in [0.1, 0.15) is 11.6 Å². The third kappa shape index (κ3) is 4.30. The Balaban J connectivity index is 0.00000225. The second kappa shape index (κ2) is 8.74. The quantitative estimate of drug-likeness (QED) is 0.810. The van der Waals surface area contributed by atoms with Crippen LogP contribution in [0.25, 0.3) is 0 Å². The first-order valence-corrected chi connectivity index (χ1v) is 9.80. The highest BCUT2D eigenvalue weighted by atomic mass is 35.5. The van der Waals surface area contributed by atoms with Gasteiger partial charge in [0.05, 0.1) is 5.56 Å². The van der Waals surface area contributed by atoms with Crippen LogP contribution < -0.4 is 5.32 Å².